The van der Waals surface area contributed by atoms with Crippen molar-refractivity contribution in [2.24, 2.45) is 0 Å². The van der Waals surface area contributed by atoms with Gasteiger partial charge >= 0.3 is 0 Å². The Balaban J connectivity index is 2.57. The third kappa shape index (κ3) is 2.18. The Morgan fingerprint density at radius 1 is 1.15 bits per heavy atom. The van der Waals surface area contributed by atoms with E-state index in [4.69, 9.17) is 18.9 Å². The van der Waals surface area contributed by atoms with E-state index in [9.17, 15) is 5.11 Å². The molecule has 0 aromatic heterocycles. The first kappa shape index (κ1) is 10.9. The lowest BCUT2D eigenvalue weighted by Gasteiger charge is -2.19. The molecule has 1 unspecified atom stereocenters. The van der Waals surface area contributed by atoms with E-state index in [-0.39, 0.29) is 12.2 Å². The Morgan fingerprint density at radius 2 is 1.77 bits per heavy atom. The third-order valence-electron chi connectivity index (χ3n) is 2.16. The number of ether oxygens (including phenoxy) is 4. The van der Waals surface area contributed by atoms with Crippen LogP contribution in [0.3, 0.4) is 0 Å². The first-order valence-corrected chi connectivity index (χ1v) is 4.12. The number of methoxy groups -OCH3 is 3. The van der Waals surface area contributed by atoms with E-state index in [1.165, 1.54) is 7.11 Å². The van der Waals surface area contributed by atoms with Crippen LogP contribution >= 0.6 is 0 Å². The lowest BCUT2D eigenvalue weighted by atomic mass is 10.1. The maximum atomic E-state index is 9.40. The van der Waals surface area contributed by atoms with Crippen molar-refractivity contribution >= 4 is 0 Å². The summed E-state index contributed by atoms with van der Waals surface area (Å²) in [5.74, 6) is 0. The molecular weight excluding hydrogens is 176 g/mol. The van der Waals surface area contributed by atoms with E-state index in [0.29, 0.717) is 6.61 Å². The van der Waals surface area contributed by atoms with E-state index in [2.05, 4.69) is 0 Å². The van der Waals surface area contributed by atoms with Crippen LogP contribution in [-0.2, 0) is 18.9 Å². The van der Waals surface area contributed by atoms with Gasteiger partial charge in [-0.1, -0.05) is 0 Å². The normalized spacial score (nSPS) is 39.7. The smallest absolute Gasteiger partial charge is 0.184 e. The highest BCUT2D eigenvalue weighted by Gasteiger charge is 2.44. The van der Waals surface area contributed by atoms with E-state index >= 15 is 0 Å². The van der Waals surface area contributed by atoms with Crippen molar-refractivity contribution in [1.29, 1.82) is 0 Å². The minimum Gasteiger partial charge on any atom is -0.382 e. The summed E-state index contributed by atoms with van der Waals surface area (Å²) >= 11 is 0. The molecule has 0 spiro atoms. The van der Waals surface area contributed by atoms with Crippen LogP contribution in [0.4, 0.5) is 0 Å². The van der Waals surface area contributed by atoms with Gasteiger partial charge in [-0.15, -0.1) is 0 Å². The second kappa shape index (κ2) is 4.88. The molecule has 1 aliphatic rings. The van der Waals surface area contributed by atoms with Crippen LogP contribution in [0.25, 0.3) is 0 Å². The zero-order chi connectivity index (χ0) is 9.84. The van der Waals surface area contributed by atoms with E-state index in [1.54, 1.807) is 14.2 Å². The van der Waals surface area contributed by atoms with Gasteiger partial charge < -0.3 is 24.1 Å². The van der Waals surface area contributed by atoms with Gasteiger partial charge in [0.15, 0.2) is 6.29 Å². The van der Waals surface area contributed by atoms with Crippen molar-refractivity contribution in [2.75, 3.05) is 27.9 Å². The molecule has 0 saturated carbocycles. The molecule has 5 heteroatoms. The second-order valence-electron chi connectivity index (χ2n) is 2.92. The lowest BCUT2D eigenvalue weighted by Crippen LogP contribution is -2.37. The van der Waals surface area contributed by atoms with Crippen LogP contribution in [-0.4, -0.2) is 57.6 Å². The molecule has 0 amide bonds. The molecule has 1 heterocycles. The van der Waals surface area contributed by atoms with E-state index < -0.39 is 12.4 Å². The summed E-state index contributed by atoms with van der Waals surface area (Å²) in [4.78, 5) is 0. The number of aliphatic hydroxyl groups is 1. The molecule has 0 radical (unpaired) electrons. The zero-order valence-corrected chi connectivity index (χ0v) is 8.10. The van der Waals surface area contributed by atoms with Gasteiger partial charge in [-0.2, -0.15) is 0 Å². The number of hydrogen-bond donors (Lipinski definition) is 1. The lowest BCUT2D eigenvalue weighted by molar-refractivity contribution is -0.141. The molecule has 0 bridgehead atoms. The molecule has 5 nitrogen and oxygen atoms in total. The number of hydrogen-bond acceptors (Lipinski definition) is 5. The van der Waals surface area contributed by atoms with Gasteiger partial charge in [0.2, 0.25) is 0 Å². The molecule has 1 fully saturated rings. The van der Waals surface area contributed by atoms with Crippen LogP contribution < -0.4 is 0 Å². The maximum absolute atomic E-state index is 9.40. The summed E-state index contributed by atoms with van der Waals surface area (Å²) in [6.07, 6.45) is -1.92. The average molecular weight is 192 g/mol. The number of aliphatic hydroxyl groups excluding tert-OH is 1. The molecule has 1 aliphatic heterocycles. The monoisotopic (exact) mass is 192 g/mol. The summed E-state index contributed by atoms with van der Waals surface area (Å²) in [5, 5.41) is 9.40. The topological polar surface area (TPSA) is 57.2 Å². The summed E-state index contributed by atoms with van der Waals surface area (Å²) in [5.41, 5.74) is 0. The number of rotatable bonds is 4. The maximum Gasteiger partial charge on any atom is 0.184 e. The van der Waals surface area contributed by atoms with Gasteiger partial charge in [0.05, 0.1) is 6.61 Å². The molecule has 4 atom stereocenters. The van der Waals surface area contributed by atoms with Gasteiger partial charge in [0.25, 0.3) is 0 Å². The third-order valence-corrected chi connectivity index (χ3v) is 2.16. The van der Waals surface area contributed by atoms with Gasteiger partial charge in [0, 0.05) is 21.3 Å². The predicted octanol–water partition coefficient (Wildman–Crippen LogP) is -0.620. The highest BCUT2D eigenvalue weighted by Crippen LogP contribution is 2.24. The molecular formula is C8H16O5. The largest absolute Gasteiger partial charge is 0.382 e. The molecule has 78 valence electrons. The van der Waals surface area contributed by atoms with Gasteiger partial charge in [-0.05, 0) is 0 Å². The average Bonchev–Trinajstić information content (AvgIpc) is 2.41. The zero-order valence-electron chi connectivity index (χ0n) is 8.10. The fraction of sp³-hybridized carbons (Fsp3) is 1.00. The Hall–Kier alpha value is -0.200. The van der Waals surface area contributed by atoms with Crippen LogP contribution in [0.2, 0.25) is 0 Å². The van der Waals surface area contributed by atoms with Crippen molar-refractivity contribution < 1.29 is 24.1 Å². The standard InChI is InChI=1S/C8H16O5/c1-10-4-5-6(11-2)7(12-3)8(9)13-5/h5-9H,4H2,1-3H3/t5-,6?,7+,8+/m0/s1. The van der Waals surface area contributed by atoms with Crippen LogP contribution in [0, 0.1) is 0 Å². The Kier molecular flexibility index (Phi) is 4.08. The Morgan fingerprint density at radius 3 is 2.23 bits per heavy atom. The molecule has 0 aromatic carbocycles. The van der Waals surface area contributed by atoms with E-state index in [1.807, 2.05) is 0 Å². The predicted molar refractivity (Wildman–Crippen MR) is 44.3 cm³/mol. The Bertz CT molecular complexity index is 151. The SMILES string of the molecule is COC[C@@H]1O[C@@H](O)[C@H](OC)C1OC. The first-order chi connectivity index (χ1) is 6.24. The highest BCUT2D eigenvalue weighted by molar-refractivity contribution is 4.88. The molecule has 1 saturated heterocycles. The highest BCUT2D eigenvalue weighted by atomic mass is 16.7. The summed E-state index contributed by atoms with van der Waals surface area (Å²) in [7, 11) is 4.64. The molecule has 1 rings (SSSR count). The van der Waals surface area contributed by atoms with Crippen LogP contribution in [0.15, 0.2) is 0 Å². The van der Waals surface area contributed by atoms with Crippen molar-refractivity contribution in [3.05, 3.63) is 0 Å². The summed E-state index contributed by atoms with van der Waals surface area (Å²) in [6.45, 7) is 0.384. The molecule has 1 N–H and O–H groups in total. The van der Waals surface area contributed by atoms with Crippen molar-refractivity contribution in [1.82, 2.24) is 0 Å². The second-order valence-corrected chi connectivity index (χ2v) is 2.92. The fourth-order valence-corrected chi connectivity index (χ4v) is 1.54. The van der Waals surface area contributed by atoms with Gasteiger partial charge in [-0.3, -0.25) is 0 Å². The molecule has 13 heavy (non-hydrogen) atoms. The minimum atomic E-state index is -0.935. The summed E-state index contributed by atoms with van der Waals surface area (Å²) in [6, 6.07) is 0. The first-order valence-electron chi connectivity index (χ1n) is 4.12. The quantitative estimate of drug-likeness (QED) is 0.643. The van der Waals surface area contributed by atoms with Crippen LogP contribution in [0.1, 0.15) is 0 Å². The fourth-order valence-electron chi connectivity index (χ4n) is 1.54. The Labute approximate surface area is 77.5 Å². The van der Waals surface area contributed by atoms with Gasteiger partial charge in [-0.25, -0.2) is 0 Å². The molecule has 0 aromatic rings. The van der Waals surface area contributed by atoms with Gasteiger partial charge in [0.1, 0.15) is 18.3 Å². The van der Waals surface area contributed by atoms with Crippen LogP contribution in [0.5, 0.6) is 0 Å². The van der Waals surface area contributed by atoms with Crippen molar-refractivity contribution in [3.63, 3.8) is 0 Å². The van der Waals surface area contributed by atoms with E-state index in [0.717, 1.165) is 0 Å². The minimum absolute atomic E-state index is 0.269. The molecule has 0 aliphatic carbocycles. The van der Waals surface area contributed by atoms with Crippen molar-refractivity contribution in [2.45, 2.75) is 24.6 Å². The summed E-state index contributed by atoms with van der Waals surface area (Å²) < 4.78 is 20.3. The van der Waals surface area contributed by atoms with Crippen molar-refractivity contribution in [3.8, 4) is 0 Å².